The molecule has 0 spiro atoms. The number of carbonyl (C=O) groups excluding carboxylic acids is 1. The number of nitrogens with zero attached hydrogens (tertiary/aromatic N) is 2. The highest BCUT2D eigenvalue weighted by atomic mass is 16.5. The maximum absolute atomic E-state index is 11.7. The summed E-state index contributed by atoms with van der Waals surface area (Å²) in [6, 6.07) is 3.66. The number of anilines is 1. The van der Waals surface area contributed by atoms with Gasteiger partial charge in [-0.15, -0.1) is 0 Å². The van der Waals surface area contributed by atoms with E-state index in [4.69, 9.17) is 10.5 Å². The molecule has 3 N–H and O–H groups in total. The van der Waals surface area contributed by atoms with E-state index in [1.54, 1.807) is 39.5 Å². The molecule has 0 saturated heterocycles. The molecular weight excluding hydrogens is 244 g/mol. The molecule has 1 rings (SSSR count). The van der Waals surface area contributed by atoms with Crippen LogP contribution < -0.4 is 11.1 Å². The smallest absolute Gasteiger partial charge is 0.254 e. The third-order valence-corrected chi connectivity index (χ3v) is 2.65. The molecule has 0 aliphatic carbocycles. The van der Waals surface area contributed by atoms with Crippen LogP contribution in [0.5, 0.6) is 0 Å². The first kappa shape index (κ1) is 15.4. The molecule has 0 aliphatic rings. The lowest BCUT2D eigenvalue weighted by atomic mass is 10.2. The lowest BCUT2D eigenvalue weighted by Gasteiger charge is -2.18. The van der Waals surface area contributed by atoms with E-state index < -0.39 is 0 Å². The number of amides is 1. The van der Waals surface area contributed by atoms with Gasteiger partial charge < -0.3 is 20.7 Å². The number of rotatable bonds is 7. The molecule has 1 heterocycles. The zero-order chi connectivity index (χ0) is 14.3. The van der Waals surface area contributed by atoms with Gasteiger partial charge in [0.15, 0.2) is 0 Å². The van der Waals surface area contributed by atoms with Crippen LogP contribution in [0.4, 0.5) is 5.82 Å². The van der Waals surface area contributed by atoms with Gasteiger partial charge in [-0.3, -0.25) is 4.79 Å². The van der Waals surface area contributed by atoms with E-state index in [2.05, 4.69) is 10.3 Å². The molecule has 0 saturated carbocycles. The largest absolute Gasteiger partial charge is 0.383 e. The summed E-state index contributed by atoms with van der Waals surface area (Å²) >= 11 is 0. The van der Waals surface area contributed by atoms with E-state index in [1.807, 2.05) is 0 Å². The van der Waals surface area contributed by atoms with Crippen molar-refractivity contribution in [2.24, 2.45) is 5.73 Å². The van der Waals surface area contributed by atoms with Crippen molar-refractivity contribution in [2.75, 3.05) is 39.7 Å². The number of hydrogen-bond acceptors (Lipinski definition) is 5. The first-order valence-electron chi connectivity index (χ1n) is 6.21. The third-order valence-electron chi connectivity index (χ3n) is 2.65. The summed E-state index contributed by atoms with van der Waals surface area (Å²) in [4.78, 5) is 17.5. The highest BCUT2D eigenvalue weighted by molar-refractivity contribution is 5.93. The summed E-state index contributed by atoms with van der Waals surface area (Å²) in [6.07, 6.45) is 2.37. The van der Waals surface area contributed by atoms with E-state index in [0.717, 1.165) is 6.42 Å². The van der Waals surface area contributed by atoms with Crippen molar-refractivity contribution in [2.45, 2.75) is 12.5 Å². The van der Waals surface area contributed by atoms with Crippen molar-refractivity contribution in [3.05, 3.63) is 23.9 Å². The van der Waals surface area contributed by atoms with Crippen LogP contribution >= 0.6 is 0 Å². The Labute approximate surface area is 113 Å². The fourth-order valence-electron chi connectivity index (χ4n) is 1.67. The van der Waals surface area contributed by atoms with Gasteiger partial charge in [0, 0.05) is 27.4 Å². The molecule has 106 valence electrons. The highest BCUT2D eigenvalue weighted by Gasteiger charge is 2.10. The zero-order valence-electron chi connectivity index (χ0n) is 11.7. The maximum atomic E-state index is 11.7. The summed E-state index contributed by atoms with van der Waals surface area (Å²) in [7, 11) is 5.08. The van der Waals surface area contributed by atoms with Crippen molar-refractivity contribution >= 4 is 11.7 Å². The molecule has 0 aliphatic heterocycles. The Morgan fingerprint density at radius 2 is 2.26 bits per heavy atom. The normalized spacial score (nSPS) is 12.0. The quantitative estimate of drug-likeness (QED) is 0.753. The van der Waals surface area contributed by atoms with E-state index >= 15 is 0 Å². The number of carbonyl (C=O) groups is 1. The summed E-state index contributed by atoms with van der Waals surface area (Å²) in [5, 5.41) is 3.24. The number of hydrogen-bond donors (Lipinski definition) is 2. The molecule has 1 aromatic heterocycles. The molecule has 19 heavy (non-hydrogen) atoms. The minimum absolute atomic E-state index is 0.0607. The number of nitrogens with two attached hydrogens (primary N) is 1. The van der Waals surface area contributed by atoms with Crippen LogP contribution in [0.3, 0.4) is 0 Å². The van der Waals surface area contributed by atoms with E-state index in [9.17, 15) is 4.79 Å². The second-order valence-electron chi connectivity index (χ2n) is 4.51. The van der Waals surface area contributed by atoms with Gasteiger partial charge in [-0.25, -0.2) is 4.98 Å². The molecule has 6 nitrogen and oxygen atoms in total. The molecule has 0 fully saturated rings. The first-order valence-corrected chi connectivity index (χ1v) is 6.21. The molecule has 0 aromatic carbocycles. The van der Waals surface area contributed by atoms with Crippen LogP contribution in [-0.4, -0.2) is 56.2 Å². The Morgan fingerprint density at radius 3 is 2.74 bits per heavy atom. The van der Waals surface area contributed by atoms with Gasteiger partial charge in [-0.05, 0) is 25.1 Å². The van der Waals surface area contributed by atoms with Gasteiger partial charge in [0.05, 0.1) is 18.2 Å². The van der Waals surface area contributed by atoms with Crippen molar-refractivity contribution < 1.29 is 9.53 Å². The Morgan fingerprint density at radius 1 is 1.53 bits per heavy atom. The maximum Gasteiger partial charge on any atom is 0.254 e. The fraction of sp³-hybridized carbons (Fsp3) is 0.538. The zero-order valence-corrected chi connectivity index (χ0v) is 11.7. The predicted octanol–water partition coefficient (Wildman–Crippen LogP) is 0.559. The Hall–Kier alpha value is -1.66. The average Bonchev–Trinajstić information content (AvgIpc) is 2.39. The monoisotopic (exact) mass is 266 g/mol. The Balaban J connectivity index is 2.67. The van der Waals surface area contributed by atoms with Gasteiger partial charge in [0.25, 0.3) is 5.91 Å². The number of methoxy groups -OCH3 is 1. The summed E-state index contributed by atoms with van der Waals surface area (Å²) < 4.78 is 5.12. The summed E-state index contributed by atoms with van der Waals surface area (Å²) in [6.45, 7) is 1.15. The molecular formula is C13H22N4O2. The topological polar surface area (TPSA) is 80.5 Å². The van der Waals surface area contributed by atoms with E-state index in [0.29, 0.717) is 24.5 Å². The second kappa shape index (κ2) is 7.70. The molecule has 0 radical (unpaired) electrons. The lowest BCUT2D eigenvalue weighted by molar-refractivity contribution is 0.0827. The third kappa shape index (κ3) is 4.84. The standard InChI is InChI=1S/C13H22N4O2/c1-17(2)13(18)10-4-5-12(15-8-10)16-11(6-7-14)9-19-3/h4-5,8,11H,6-7,9,14H2,1-3H3,(H,15,16). The van der Waals surface area contributed by atoms with Crippen LogP contribution in [0.25, 0.3) is 0 Å². The summed E-state index contributed by atoms with van der Waals surface area (Å²) in [5.41, 5.74) is 6.11. The highest BCUT2D eigenvalue weighted by Crippen LogP contribution is 2.09. The van der Waals surface area contributed by atoms with Gasteiger partial charge in [0.2, 0.25) is 0 Å². The van der Waals surface area contributed by atoms with Crippen molar-refractivity contribution in [3.63, 3.8) is 0 Å². The SMILES string of the molecule is COCC(CCN)Nc1ccc(C(=O)N(C)C)cn1. The molecule has 6 heteroatoms. The van der Waals surface area contributed by atoms with Crippen LogP contribution in [0, 0.1) is 0 Å². The fourth-order valence-corrected chi connectivity index (χ4v) is 1.67. The number of aromatic nitrogens is 1. The molecule has 1 unspecified atom stereocenters. The van der Waals surface area contributed by atoms with E-state index in [-0.39, 0.29) is 11.9 Å². The Bertz CT molecular complexity index is 386. The number of nitrogens with one attached hydrogen (secondary N) is 1. The number of pyridine rings is 1. The van der Waals surface area contributed by atoms with Crippen molar-refractivity contribution in [1.29, 1.82) is 0 Å². The van der Waals surface area contributed by atoms with Crippen LogP contribution in [0.15, 0.2) is 18.3 Å². The molecule has 0 bridgehead atoms. The average molecular weight is 266 g/mol. The van der Waals surface area contributed by atoms with Gasteiger partial charge in [-0.1, -0.05) is 0 Å². The van der Waals surface area contributed by atoms with Crippen LogP contribution in [-0.2, 0) is 4.74 Å². The molecule has 1 amide bonds. The second-order valence-corrected chi connectivity index (χ2v) is 4.51. The Kier molecular flexibility index (Phi) is 6.24. The first-order chi connectivity index (χ1) is 9.08. The van der Waals surface area contributed by atoms with Crippen molar-refractivity contribution in [1.82, 2.24) is 9.88 Å². The van der Waals surface area contributed by atoms with Crippen molar-refractivity contribution in [3.8, 4) is 0 Å². The lowest BCUT2D eigenvalue weighted by Crippen LogP contribution is -2.28. The van der Waals surface area contributed by atoms with Crippen LogP contribution in [0.1, 0.15) is 16.8 Å². The van der Waals surface area contributed by atoms with Gasteiger partial charge in [0.1, 0.15) is 5.82 Å². The number of ether oxygens (including phenoxy) is 1. The van der Waals surface area contributed by atoms with Gasteiger partial charge in [-0.2, -0.15) is 0 Å². The molecule has 1 atom stereocenters. The van der Waals surface area contributed by atoms with E-state index in [1.165, 1.54) is 4.90 Å². The molecule has 1 aromatic rings. The minimum atomic E-state index is -0.0607. The van der Waals surface area contributed by atoms with Crippen LogP contribution in [0.2, 0.25) is 0 Å². The summed E-state index contributed by atoms with van der Waals surface area (Å²) in [5.74, 6) is 0.653. The minimum Gasteiger partial charge on any atom is -0.383 e. The van der Waals surface area contributed by atoms with Gasteiger partial charge >= 0.3 is 0 Å². The predicted molar refractivity (Wildman–Crippen MR) is 75.2 cm³/mol.